The number of hydrogen-bond donors (Lipinski definition) is 0. The first-order valence-electron chi connectivity index (χ1n) is 5.70. The molecule has 0 saturated carbocycles. The smallest absolute Gasteiger partial charge is 0.0622 e. The first-order valence-corrected chi connectivity index (χ1v) is 5.70. The van der Waals surface area contributed by atoms with E-state index < -0.39 is 0 Å². The molecule has 0 radical (unpaired) electrons. The van der Waals surface area contributed by atoms with E-state index in [1.54, 1.807) is 0 Å². The quantitative estimate of drug-likeness (QED) is 0.630. The lowest BCUT2D eigenvalue weighted by molar-refractivity contribution is 0.0142. The minimum Gasteiger partial charge on any atom is -0.381 e. The summed E-state index contributed by atoms with van der Waals surface area (Å²) in [5.74, 6) is 1.38. The van der Waals surface area contributed by atoms with E-state index in [1.165, 1.54) is 12.8 Å². The zero-order valence-electron chi connectivity index (χ0n) is 10.6. The summed E-state index contributed by atoms with van der Waals surface area (Å²) in [5.41, 5.74) is 0. The van der Waals surface area contributed by atoms with Crippen molar-refractivity contribution in [3.63, 3.8) is 0 Å². The van der Waals surface area contributed by atoms with Gasteiger partial charge in [0, 0.05) is 7.11 Å². The standard InChI is InChI=1S/C10H22O.C2H6/c1-6-9(7-2)10(11-5)8(3)4;1-2/h8-10H,6-7H2,1-5H3;1-2H3. The minimum atomic E-state index is 0.449. The van der Waals surface area contributed by atoms with Crippen molar-refractivity contribution in [2.75, 3.05) is 7.11 Å². The maximum Gasteiger partial charge on any atom is 0.0622 e. The number of ether oxygens (including phenoxy) is 1. The van der Waals surface area contributed by atoms with E-state index in [2.05, 4.69) is 27.7 Å². The summed E-state index contributed by atoms with van der Waals surface area (Å²) in [4.78, 5) is 0. The SMILES string of the molecule is CC.CCC(CC)C(OC)C(C)C. The molecule has 0 aromatic rings. The average Bonchev–Trinajstić information content (AvgIpc) is 2.16. The van der Waals surface area contributed by atoms with Gasteiger partial charge in [-0.3, -0.25) is 0 Å². The molecule has 1 heteroatoms. The molecular formula is C12H28O. The van der Waals surface area contributed by atoms with Gasteiger partial charge < -0.3 is 4.74 Å². The van der Waals surface area contributed by atoms with Crippen molar-refractivity contribution in [2.45, 2.75) is 60.5 Å². The molecule has 1 nitrogen and oxygen atoms in total. The van der Waals surface area contributed by atoms with Crippen LogP contribution in [0.1, 0.15) is 54.4 Å². The molecule has 0 aromatic heterocycles. The predicted molar refractivity (Wildman–Crippen MR) is 61.1 cm³/mol. The summed E-state index contributed by atoms with van der Waals surface area (Å²) < 4.78 is 5.46. The van der Waals surface area contributed by atoms with Crippen molar-refractivity contribution in [3.8, 4) is 0 Å². The van der Waals surface area contributed by atoms with Gasteiger partial charge in [-0.15, -0.1) is 0 Å². The van der Waals surface area contributed by atoms with E-state index in [1.807, 2.05) is 21.0 Å². The summed E-state index contributed by atoms with van der Waals surface area (Å²) in [6.45, 7) is 12.9. The van der Waals surface area contributed by atoms with Crippen molar-refractivity contribution >= 4 is 0 Å². The van der Waals surface area contributed by atoms with Crippen molar-refractivity contribution in [1.29, 1.82) is 0 Å². The first kappa shape index (κ1) is 15.4. The molecule has 82 valence electrons. The fourth-order valence-corrected chi connectivity index (χ4v) is 1.76. The van der Waals surface area contributed by atoms with E-state index in [9.17, 15) is 0 Å². The van der Waals surface area contributed by atoms with Gasteiger partial charge in [-0.2, -0.15) is 0 Å². The Morgan fingerprint density at radius 1 is 1.00 bits per heavy atom. The summed E-state index contributed by atoms with van der Waals surface area (Å²) >= 11 is 0. The van der Waals surface area contributed by atoms with E-state index in [0.717, 1.165) is 5.92 Å². The molecule has 0 aliphatic heterocycles. The van der Waals surface area contributed by atoms with Gasteiger partial charge in [-0.1, -0.05) is 54.4 Å². The van der Waals surface area contributed by atoms with Crippen LogP contribution in [-0.2, 0) is 4.74 Å². The molecule has 0 heterocycles. The van der Waals surface area contributed by atoms with Crippen molar-refractivity contribution in [3.05, 3.63) is 0 Å². The maximum absolute atomic E-state index is 5.46. The monoisotopic (exact) mass is 188 g/mol. The molecule has 0 N–H and O–H groups in total. The molecule has 0 fully saturated rings. The molecule has 13 heavy (non-hydrogen) atoms. The van der Waals surface area contributed by atoms with Crippen molar-refractivity contribution in [1.82, 2.24) is 0 Å². The number of rotatable bonds is 5. The topological polar surface area (TPSA) is 9.23 Å². The molecule has 0 spiro atoms. The van der Waals surface area contributed by atoms with Crippen LogP contribution < -0.4 is 0 Å². The molecule has 0 bridgehead atoms. The third-order valence-corrected chi connectivity index (χ3v) is 2.44. The van der Waals surface area contributed by atoms with Crippen LogP contribution in [0.15, 0.2) is 0 Å². The van der Waals surface area contributed by atoms with E-state index in [-0.39, 0.29) is 0 Å². The van der Waals surface area contributed by atoms with Crippen molar-refractivity contribution < 1.29 is 4.74 Å². The molecule has 1 unspecified atom stereocenters. The van der Waals surface area contributed by atoms with Crippen LogP contribution in [-0.4, -0.2) is 13.2 Å². The summed E-state index contributed by atoms with van der Waals surface area (Å²) in [5, 5.41) is 0. The second kappa shape index (κ2) is 10.0. The fourth-order valence-electron chi connectivity index (χ4n) is 1.76. The second-order valence-corrected chi connectivity index (χ2v) is 3.52. The van der Waals surface area contributed by atoms with E-state index >= 15 is 0 Å². The van der Waals surface area contributed by atoms with Gasteiger partial charge in [0.05, 0.1) is 6.10 Å². The molecular weight excluding hydrogens is 160 g/mol. The summed E-state index contributed by atoms with van der Waals surface area (Å²) in [6, 6.07) is 0. The van der Waals surface area contributed by atoms with E-state index in [4.69, 9.17) is 4.74 Å². The molecule has 1 atom stereocenters. The Morgan fingerprint density at radius 3 is 1.46 bits per heavy atom. The predicted octanol–water partition coefficient (Wildman–Crippen LogP) is 4.12. The Bertz CT molecular complexity index is 85.1. The molecule has 0 amide bonds. The van der Waals surface area contributed by atoms with Crippen molar-refractivity contribution in [2.24, 2.45) is 11.8 Å². The van der Waals surface area contributed by atoms with Crippen LogP contribution in [0.3, 0.4) is 0 Å². The third kappa shape index (κ3) is 6.09. The van der Waals surface area contributed by atoms with Gasteiger partial charge in [0.25, 0.3) is 0 Å². The highest BCUT2D eigenvalue weighted by molar-refractivity contribution is 4.70. The molecule has 0 aliphatic rings. The molecule has 0 rings (SSSR count). The lowest BCUT2D eigenvalue weighted by Crippen LogP contribution is -2.27. The zero-order valence-corrected chi connectivity index (χ0v) is 10.6. The van der Waals surface area contributed by atoms with Crippen LogP contribution >= 0.6 is 0 Å². The van der Waals surface area contributed by atoms with Gasteiger partial charge in [0.15, 0.2) is 0 Å². The minimum absolute atomic E-state index is 0.449. The van der Waals surface area contributed by atoms with Crippen LogP contribution in [0, 0.1) is 11.8 Å². The van der Waals surface area contributed by atoms with Gasteiger partial charge in [-0.25, -0.2) is 0 Å². The zero-order chi connectivity index (χ0) is 10.9. The van der Waals surface area contributed by atoms with Gasteiger partial charge >= 0.3 is 0 Å². The normalized spacial score (nSPS) is 12.7. The average molecular weight is 188 g/mol. The van der Waals surface area contributed by atoms with Crippen LogP contribution in [0.2, 0.25) is 0 Å². The van der Waals surface area contributed by atoms with Crippen LogP contribution in [0.4, 0.5) is 0 Å². The number of hydrogen-bond acceptors (Lipinski definition) is 1. The first-order chi connectivity index (χ1) is 6.17. The van der Waals surface area contributed by atoms with Gasteiger partial charge in [-0.05, 0) is 11.8 Å². The Labute approximate surface area is 84.9 Å². The van der Waals surface area contributed by atoms with Gasteiger partial charge in [0.2, 0.25) is 0 Å². The largest absolute Gasteiger partial charge is 0.381 e. The van der Waals surface area contributed by atoms with Crippen LogP contribution in [0.25, 0.3) is 0 Å². The Morgan fingerprint density at radius 2 is 1.38 bits per heavy atom. The second-order valence-electron chi connectivity index (χ2n) is 3.52. The lowest BCUT2D eigenvalue weighted by atomic mass is 9.89. The molecule has 0 saturated heterocycles. The highest BCUT2D eigenvalue weighted by Gasteiger charge is 2.20. The Balaban J connectivity index is 0. The Kier molecular flexibility index (Phi) is 11.9. The fraction of sp³-hybridized carbons (Fsp3) is 1.00. The third-order valence-electron chi connectivity index (χ3n) is 2.44. The van der Waals surface area contributed by atoms with E-state index in [0.29, 0.717) is 12.0 Å². The maximum atomic E-state index is 5.46. The van der Waals surface area contributed by atoms with Gasteiger partial charge in [0.1, 0.15) is 0 Å². The number of methoxy groups -OCH3 is 1. The summed E-state index contributed by atoms with van der Waals surface area (Å²) in [7, 11) is 1.82. The van der Waals surface area contributed by atoms with Crippen LogP contribution in [0.5, 0.6) is 0 Å². The highest BCUT2D eigenvalue weighted by Crippen LogP contribution is 2.21. The molecule has 0 aliphatic carbocycles. The highest BCUT2D eigenvalue weighted by atomic mass is 16.5. The Hall–Kier alpha value is -0.0400. The summed E-state index contributed by atoms with van der Waals surface area (Å²) in [6.07, 6.45) is 2.91. The molecule has 0 aromatic carbocycles. The lowest BCUT2D eigenvalue weighted by Gasteiger charge is -2.27.